The molecule has 0 fully saturated rings. The van der Waals surface area contributed by atoms with Crippen LogP contribution < -0.4 is 14.3 Å². The SMILES string of the molecule is C[C@H](N[PH](=O)Oc1cccc(Oc2c(F)c(F)c(F)c(F)c2F)c1)C(=O)O. The van der Waals surface area contributed by atoms with Crippen LogP contribution in [0.1, 0.15) is 6.92 Å². The van der Waals surface area contributed by atoms with Crippen LogP contribution in [0.2, 0.25) is 0 Å². The smallest absolute Gasteiger partial charge is 0.320 e. The molecule has 12 heteroatoms. The molecule has 0 aromatic heterocycles. The molecular weight excluding hydrogens is 400 g/mol. The van der Waals surface area contributed by atoms with Crippen molar-refractivity contribution in [1.82, 2.24) is 5.09 Å². The number of carbonyl (C=O) groups is 1. The van der Waals surface area contributed by atoms with Crippen molar-refractivity contribution < 1.29 is 45.7 Å². The van der Waals surface area contributed by atoms with Gasteiger partial charge in [-0.25, -0.2) is 18.3 Å². The number of nitrogens with one attached hydrogen (secondary N) is 1. The third kappa shape index (κ3) is 4.75. The van der Waals surface area contributed by atoms with Crippen LogP contribution in [-0.2, 0) is 9.36 Å². The molecule has 0 amide bonds. The Hall–Kier alpha value is -2.65. The zero-order valence-electron chi connectivity index (χ0n) is 13.4. The van der Waals surface area contributed by atoms with Crippen molar-refractivity contribution >= 4 is 14.1 Å². The monoisotopic (exact) mass is 411 g/mol. The second kappa shape index (κ2) is 8.36. The minimum absolute atomic E-state index is 0.162. The zero-order valence-corrected chi connectivity index (χ0v) is 14.4. The normalized spacial score (nSPS) is 13.1. The zero-order chi connectivity index (χ0) is 20.3. The van der Waals surface area contributed by atoms with Gasteiger partial charge in [0.2, 0.25) is 34.8 Å². The molecule has 2 aromatic rings. The van der Waals surface area contributed by atoms with Gasteiger partial charge in [-0.2, -0.15) is 8.78 Å². The summed E-state index contributed by atoms with van der Waals surface area (Å²) < 4.78 is 88.0. The topological polar surface area (TPSA) is 84.9 Å². The first-order valence-electron chi connectivity index (χ1n) is 7.12. The van der Waals surface area contributed by atoms with E-state index in [1.165, 1.54) is 19.1 Å². The van der Waals surface area contributed by atoms with E-state index in [2.05, 4.69) is 5.09 Å². The summed E-state index contributed by atoms with van der Waals surface area (Å²) in [7, 11) is -3.06. The maximum absolute atomic E-state index is 13.6. The Labute approximate surface area is 149 Å². The van der Waals surface area contributed by atoms with Crippen molar-refractivity contribution in [2.45, 2.75) is 13.0 Å². The lowest BCUT2D eigenvalue weighted by molar-refractivity contribution is -0.138. The molecule has 0 radical (unpaired) electrons. The van der Waals surface area contributed by atoms with Crippen LogP contribution in [0.5, 0.6) is 17.2 Å². The molecule has 27 heavy (non-hydrogen) atoms. The van der Waals surface area contributed by atoms with Gasteiger partial charge in [0.25, 0.3) is 0 Å². The fourth-order valence-electron chi connectivity index (χ4n) is 1.77. The van der Waals surface area contributed by atoms with Gasteiger partial charge >= 0.3 is 14.1 Å². The Balaban J connectivity index is 2.22. The molecule has 0 aliphatic rings. The van der Waals surface area contributed by atoms with Gasteiger partial charge < -0.3 is 14.4 Å². The summed E-state index contributed by atoms with van der Waals surface area (Å²) >= 11 is 0. The lowest BCUT2D eigenvalue weighted by atomic mass is 10.2. The molecular formula is C15H11F5NO5P. The number of hydrogen-bond donors (Lipinski definition) is 2. The van der Waals surface area contributed by atoms with Crippen molar-refractivity contribution in [3.05, 3.63) is 53.4 Å². The Morgan fingerprint density at radius 2 is 1.56 bits per heavy atom. The maximum atomic E-state index is 13.6. The van der Waals surface area contributed by atoms with E-state index in [0.29, 0.717) is 0 Å². The van der Waals surface area contributed by atoms with Crippen molar-refractivity contribution in [2.24, 2.45) is 0 Å². The number of aliphatic carboxylic acids is 1. The highest BCUT2D eigenvalue weighted by atomic mass is 31.1. The number of rotatable bonds is 7. The molecule has 2 atom stereocenters. The number of carboxylic acid groups (broad SMARTS) is 1. The summed E-state index contributed by atoms with van der Waals surface area (Å²) in [6.07, 6.45) is 0. The van der Waals surface area contributed by atoms with E-state index in [-0.39, 0.29) is 11.5 Å². The molecule has 0 saturated carbocycles. The molecule has 0 aliphatic heterocycles. The van der Waals surface area contributed by atoms with Gasteiger partial charge in [0.15, 0.2) is 0 Å². The molecule has 6 nitrogen and oxygen atoms in total. The molecule has 1 unspecified atom stereocenters. The molecule has 2 N–H and O–H groups in total. The summed E-state index contributed by atoms with van der Waals surface area (Å²) in [5, 5.41) is 10.9. The summed E-state index contributed by atoms with van der Waals surface area (Å²) in [4.78, 5) is 10.7. The first-order valence-corrected chi connectivity index (χ1v) is 8.44. The summed E-state index contributed by atoms with van der Waals surface area (Å²) in [6.45, 7) is 1.22. The van der Waals surface area contributed by atoms with E-state index in [9.17, 15) is 31.3 Å². The van der Waals surface area contributed by atoms with Crippen LogP contribution in [0, 0.1) is 29.1 Å². The average molecular weight is 411 g/mol. The highest BCUT2D eigenvalue weighted by Crippen LogP contribution is 2.34. The molecule has 0 heterocycles. The second-order valence-electron chi connectivity index (χ2n) is 5.07. The highest BCUT2D eigenvalue weighted by Gasteiger charge is 2.27. The van der Waals surface area contributed by atoms with E-state index < -0.39 is 55.0 Å². The van der Waals surface area contributed by atoms with Crippen LogP contribution in [0.3, 0.4) is 0 Å². The van der Waals surface area contributed by atoms with E-state index in [4.69, 9.17) is 14.4 Å². The van der Waals surface area contributed by atoms with Gasteiger partial charge in [0.1, 0.15) is 17.5 Å². The number of halogens is 5. The van der Waals surface area contributed by atoms with Crippen LogP contribution in [0.4, 0.5) is 22.0 Å². The number of hydrogen-bond acceptors (Lipinski definition) is 4. The van der Waals surface area contributed by atoms with E-state index in [0.717, 1.165) is 12.1 Å². The lowest BCUT2D eigenvalue weighted by Gasteiger charge is -2.13. The molecule has 0 bridgehead atoms. The van der Waals surface area contributed by atoms with E-state index in [1.807, 2.05) is 0 Å². The molecule has 146 valence electrons. The number of ether oxygens (including phenoxy) is 1. The predicted octanol–water partition coefficient (Wildman–Crippen LogP) is 4.01. The summed E-state index contributed by atoms with van der Waals surface area (Å²) in [6, 6.07) is 3.39. The fraction of sp³-hybridized carbons (Fsp3) is 0.133. The van der Waals surface area contributed by atoms with Crippen LogP contribution >= 0.6 is 8.18 Å². The second-order valence-corrected chi connectivity index (χ2v) is 6.14. The first-order chi connectivity index (χ1) is 12.6. The third-order valence-electron chi connectivity index (χ3n) is 3.11. The van der Waals surface area contributed by atoms with E-state index in [1.54, 1.807) is 0 Å². The van der Waals surface area contributed by atoms with Gasteiger partial charge in [0.05, 0.1) is 0 Å². The number of benzene rings is 2. The largest absolute Gasteiger partial charge is 0.480 e. The Kier molecular flexibility index (Phi) is 6.40. The van der Waals surface area contributed by atoms with E-state index >= 15 is 0 Å². The number of carboxylic acids is 1. The maximum Gasteiger partial charge on any atom is 0.320 e. The van der Waals surface area contributed by atoms with Crippen molar-refractivity contribution in [3.63, 3.8) is 0 Å². The Morgan fingerprint density at radius 3 is 2.11 bits per heavy atom. The van der Waals surface area contributed by atoms with Gasteiger partial charge in [-0.15, -0.1) is 0 Å². The van der Waals surface area contributed by atoms with Crippen LogP contribution in [0.25, 0.3) is 0 Å². The van der Waals surface area contributed by atoms with Gasteiger partial charge in [-0.1, -0.05) is 6.07 Å². The Bertz CT molecular complexity index is 881. The predicted molar refractivity (Wildman–Crippen MR) is 82.6 cm³/mol. The highest BCUT2D eigenvalue weighted by molar-refractivity contribution is 7.37. The Morgan fingerprint density at radius 1 is 1.04 bits per heavy atom. The van der Waals surface area contributed by atoms with Crippen molar-refractivity contribution in [2.75, 3.05) is 0 Å². The minimum atomic E-state index is -3.06. The van der Waals surface area contributed by atoms with Crippen LogP contribution in [0.15, 0.2) is 24.3 Å². The van der Waals surface area contributed by atoms with Crippen LogP contribution in [-0.4, -0.2) is 17.1 Å². The summed E-state index contributed by atoms with van der Waals surface area (Å²) in [5.74, 6) is -14.3. The van der Waals surface area contributed by atoms with Gasteiger partial charge in [-0.05, 0) is 19.1 Å². The molecule has 2 aromatic carbocycles. The lowest BCUT2D eigenvalue weighted by Crippen LogP contribution is -2.29. The van der Waals surface area contributed by atoms with Crippen molar-refractivity contribution in [3.8, 4) is 17.2 Å². The average Bonchev–Trinajstić information content (AvgIpc) is 2.62. The molecule has 0 aliphatic carbocycles. The molecule has 0 spiro atoms. The third-order valence-corrected chi connectivity index (χ3v) is 4.20. The first kappa shape index (κ1) is 20.7. The minimum Gasteiger partial charge on any atom is -0.480 e. The molecule has 2 rings (SSSR count). The standard InChI is InChI=1S/C15H11F5NO5P/c1-6(15(22)23)21-27(24)26-8-4-2-3-7(5-8)25-14-12(19)10(17)9(16)11(18)13(14)20/h2-6,27H,1H3,(H,21,24)(H,22,23)/t6-/m0/s1. The quantitative estimate of drug-likeness (QED) is 0.310. The van der Waals surface area contributed by atoms with Crippen molar-refractivity contribution in [1.29, 1.82) is 0 Å². The summed E-state index contributed by atoms with van der Waals surface area (Å²) in [5.41, 5.74) is 0. The van der Waals surface area contributed by atoms with Gasteiger partial charge in [0, 0.05) is 6.07 Å². The van der Waals surface area contributed by atoms with Gasteiger partial charge in [-0.3, -0.25) is 9.36 Å². The molecule has 0 saturated heterocycles. The fourth-order valence-corrected chi connectivity index (χ4v) is 2.65.